The lowest BCUT2D eigenvalue weighted by Gasteiger charge is -2.32. The number of aromatic nitrogens is 2. The Morgan fingerprint density at radius 2 is 2.19 bits per heavy atom. The molecule has 136 valence electrons. The lowest BCUT2D eigenvalue weighted by Crippen LogP contribution is -2.43. The Hall–Kier alpha value is -2.60. The van der Waals surface area contributed by atoms with Crippen molar-refractivity contribution in [2.24, 2.45) is 7.05 Å². The van der Waals surface area contributed by atoms with Gasteiger partial charge in [0.1, 0.15) is 17.5 Å². The molecule has 0 spiro atoms. The van der Waals surface area contributed by atoms with E-state index in [-0.39, 0.29) is 12.0 Å². The highest BCUT2D eigenvalue weighted by molar-refractivity contribution is 5.88. The van der Waals surface area contributed by atoms with Crippen LogP contribution in [0.3, 0.4) is 0 Å². The standard InChI is InChI=1S/C20H23N3O3/c1-13-4-5-16-15(12-26-17(16)8-13)9-19(24)23-6-7-25-18(11-23)20-21-14(2)10-22(20)3/h4-5,8,10,12,18H,6-7,9,11H2,1-3H3/t18-/m0/s1. The number of benzene rings is 1. The average Bonchev–Trinajstić information content (AvgIpc) is 3.17. The molecule has 0 unspecified atom stereocenters. The number of carbonyl (C=O) groups is 1. The van der Waals surface area contributed by atoms with E-state index in [4.69, 9.17) is 9.15 Å². The van der Waals surface area contributed by atoms with Gasteiger partial charge in [-0.25, -0.2) is 4.98 Å². The van der Waals surface area contributed by atoms with Crippen molar-refractivity contribution in [1.29, 1.82) is 0 Å². The van der Waals surface area contributed by atoms with E-state index in [2.05, 4.69) is 4.98 Å². The molecule has 1 aromatic carbocycles. The third kappa shape index (κ3) is 3.12. The number of nitrogens with zero attached hydrogens (tertiary/aromatic N) is 3. The summed E-state index contributed by atoms with van der Waals surface area (Å²) in [4.78, 5) is 19.2. The molecule has 3 heterocycles. The predicted molar refractivity (Wildman–Crippen MR) is 97.9 cm³/mol. The number of furan rings is 1. The summed E-state index contributed by atoms with van der Waals surface area (Å²) in [5.41, 5.74) is 3.86. The van der Waals surface area contributed by atoms with E-state index < -0.39 is 0 Å². The van der Waals surface area contributed by atoms with Crippen LogP contribution in [0.15, 0.2) is 35.1 Å². The van der Waals surface area contributed by atoms with E-state index in [1.54, 1.807) is 6.26 Å². The van der Waals surface area contributed by atoms with E-state index in [0.29, 0.717) is 26.1 Å². The van der Waals surface area contributed by atoms with Crippen molar-refractivity contribution in [2.45, 2.75) is 26.4 Å². The van der Waals surface area contributed by atoms with Crippen LogP contribution in [0.1, 0.15) is 28.7 Å². The van der Waals surface area contributed by atoms with Gasteiger partial charge in [-0.1, -0.05) is 12.1 Å². The molecule has 2 aromatic heterocycles. The number of carbonyl (C=O) groups excluding carboxylic acids is 1. The monoisotopic (exact) mass is 353 g/mol. The van der Waals surface area contributed by atoms with Crippen LogP contribution in [-0.2, 0) is 23.0 Å². The van der Waals surface area contributed by atoms with Crippen LogP contribution in [0, 0.1) is 13.8 Å². The van der Waals surface area contributed by atoms with Gasteiger partial charge in [0.25, 0.3) is 0 Å². The summed E-state index contributed by atoms with van der Waals surface area (Å²) in [6.07, 6.45) is 3.82. The molecule has 6 heteroatoms. The zero-order valence-electron chi connectivity index (χ0n) is 15.4. The third-order valence-corrected chi connectivity index (χ3v) is 4.89. The van der Waals surface area contributed by atoms with Crippen LogP contribution in [0.2, 0.25) is 0 Å². The van der Waals surface area contributed by atoms with Crippen LogP contribution in [0.4, 0.5) is 0 Å². The number of ether oxygens (including phenoxy) is 1. The zero-order valence-corrected chi connectivity index (χ0v) is 15.4. The van der Waals surface area contributed by atoms with Crippen LogP contribution in [-0.4, -0.2) is 40.1 Å². The third-order valence-electron chi connectivity index (χ3n) is 4.89. The van der Waals surface area contributed by atoms with Crippen molar-refractivity contribution in [1.82, 2.24) is 14.5 Å². The maximum Gasteiger partial charge on any atom is 0.227 e. The maximum atomic E-state index is 12.8. The zero-order chi connectivity index (χ0) is 18.3. The van der Waals surface area contributed by atoms with Gasteiger partial charge in [0, 0.05) is 30.7 Å². The minimum absolute atomic E-state index is 0.0903. The van der Waals surface area contributed by atoms with Crippen molar-refractivity contribution in [2.75, 3.05) is 19.7 Å². The average molecular weight is 353 g/mol. The lowest BCUT2D eigenvalue weighted by molar-refractivity contribution is -0.138. The maximum absolute atomic E-state index is 12.8. The van der Waals surface area contributed by atoms with Gasteiger partial charge in [0.2, 0.25) is 5.91 Å². The van der Waals surface area contributed by atoms with Crippen molar-refractivity contribution in [3.8, 4) is 0 Å². The van der Waals surface area contributed by atoms with Crippen molar-refractivity contribution < 1.29 is 13.9 Å². The summed E-state index contributed by atoms with van der Waals surface area (Å²) in [6, 6.07) is 6.06. The Labute approximate surface area is 152 Å². The minimum Gasteiger partial charge on any atom is -0.464 e. The number of amides is 1. The highest BCUT2D eigenvalue weighted by Gasteiger charge is 2.28. The number of hydrogen-bond donors (Lipinski definition) is 0. The molecule has 1 saturated heterocycles. The second kappa shape index (κ2) is 6.61. The normalized spacial score (nSPS) is 17.8. The van der Waals surface area contributed by atoms with E-state index in [0.717, 1.165) is 33.6 Å². The van der Waals surface area contributed by atoms with Gasteiger partial charge in [-0.2, -0.15) is 0 Å². The number of imidazole rings is 1. The fraction of sp³-hybridized carbons (Fsp3) is 0.400. The molecule has 4 rings (SSSR count). The molecule has 1 aliphatic heterocycles. The molecule has 0 radical (unpaired) electrons. The number of hydrogen-bond acceptors (Lipinski definition) is 4. The molecule has 0 aliphatic carbocycles. The first-order valence-corrected chi connectivity index (χ1v) is 8.87. The highest BCUT2D eigenvalue weighted by Crippen LogP contribution is 2.25. The van der Waals surface area contributed by atoms with E-state index in [1.807, 2.05) is 54.8 Å². The van der Waals surface area contributed by atoms with Gasteiger partial charge in [-0.15, -0.1) is 0 Å². The van der Waals surface area contributed by atoms with E-state index in [1.165, 1.54) is 0 Å². The molecule has 1 aliphatic rings. The summed E-state index contributed by atoms with van der Waals surface area (Å²) in [7, 11) is 1.96. The van der Waals surface area contributed by atoms with Gasteiger partial charge < -0.3 is 18.6 Å². The fourth-order valence-corrected chi connectivity index (χ4v) is 3.57. The quantitative estimate of drug-likeness (QED) is 0.726. The van der Waals surface area contributed by atoms with Gasteiger partial charge in [-0.05, 0) is 25.5 Å². The Morgan fingerprint density at radius 3 is 2.96 bits per heavy atom. The summed E-state index contributed by atoms with van der Waals surface area (Å²) >= 11 is 0. The molecule has 1 fully saturated rings. The molecular formula is C20H23N3O3. The highest BCUT2D eigenvalue weighted by atomic mass is 16.5. The van der Waals surface area contributed by atoms with Gasteiger partial charge in [0.05, 0.1) is 31.5 Å². The summed E-state index contributed by atoms with van der Waals surface area (Å²) < 4.78 is 13.5. The number of aryl methyl sites for hydroxylation is 3. The van der Waals surface area contributed by atoms with Crippen molar-refractivity contribution in [3.63, 3.8) is 0 Å². The SMILES string of the molecule is Cc1ccc2c(CC(=O)N3CCO[C@H](c4nc(C)cn4C)C3)coc2c1. The summed E-state index contributed by atoms with van der Waals surface area (Å²) in [5.74, 6) is 0.955. The molecule has 26 heavy (non-hydrogen) atoms. The Morgan fingerprint density at radius 1 is 1.35 bits per heavy atom. The van der Waals surface area contributed by atoms with Crippen molar-refractivity contribution >= 4 is 16.9 Å². The van der Waals surface area contributed by atoms with E-state index in [9.17, 15) is 4.79 Å². The molecule has 1 atom stereocenters. The molecular weight excluding hydrogens is 330 g/mol. The lowest BCUT2D eigenvalue weighted by atomic mass is 10.1. The molecule has 3 aromatic rings. The number of fused-ring (bicyclic) bond motifs is 1. The van der Waals surface area contributed by atoms with Crippen molar-refractivity contribution in [3.05, 3.63) is 53.3 Å². The number of rotatable bonds is 3. The predicted octanol–water partition coefficient (Wildman–Crippen LogP) is 2.93. The van der Waals surface area contributed by atoms with Crippen LogP contribution >= 0.6 is 0 Å². The smallest absolute Gasteiger partial charge is 0.227 e. The first kappa shape index (κ1) is 16.8. The Bertz CT molecular complexity index is 957. The molecule has 1 amide bonds. The molecule has 6 nitrogen and oxygen atoms in total. The largest absolute Gasteiger partial charge is 0.464 e. The van der Waals surface area contributed by atoms with Crippen LogP contribution in [0.25, 0.3) is 11.0 Å². The second-order valence-electron chi connectivity index (χ2n) is 6.99. The first-order chi connectivity index (χ1) is 12.5. The van der Waals surface area contributed by atoms with Gasteiger partial charge in [-0.3, -0.25) is 4.79 Å². The Kier molecular flexibility index (Phi) is 4.28. The molecule has 0 saturated carbocycles. The second-order valence-corrected chi connectivity index (χ2v) is 6.99. The summed E-state index contributed by atoms with van der Waals surface area (Å²) in [5, 5.41) is 1.01. The van der Waals surface area contributed by atoms with Gasteiger partial charge in [0.15, 0.2) is 0 Å². The molecule has 0 N–H and O–H groups in total. The molecule has 0 bridgehead atoms. The van der Waals surface area contributed by atoms with E-state index >= 15 is 0 Å². The van der Waals surface area contributed by atoms with Crippen LogP contribution < -0.4 is 0 Å². The minimum atomic E-state index is -0.185. The Balaban J connectivity index is 1.49. The van der Waals surface area contributed by atoms with Gasteiger partial charge >= 0.3 is 0 Å². The first-order valence-electron chi connectivity index (χ1n) is 8.87. The fourth-order valence-electron chi connectivity index (χ4n) is 3.57. The number of morpholine rings is 1. The topological polar surface area (TPSA) is 60.5 Å². The summed E-state index contributed by atoms with van der Waals surface area (Å²) in [6.45, 7) is 5.64. The van der Waals surface area contributed by atoms with Crippen LogP contribution in [0.5, 0.6) is 0 Å².